The number of thioether (sulfide) groups is 1. The summed E-state index contributed by atoms with van der Waals surface area (Å²) in [5, 5.41) is 11.5. The van der Waals surface area contributed by atoms with E-state index in [0.717, 1.165) is 18.2 Å². The maximum absolute atomic E-state index is 11.6. The summed E-state index contributed by atoms with van der Waals surface area (Å²) in [5.74, 6) is -1.43. The standard InChI is InChI=1S/C11H15N3O4S/c1-2-4-12-9(16)6-14-5-3-8(15)13-11(14)19-7-10(17)18/h3,5H,2,4,6-7H2,1H3,(H,12,16)(H,17,18). The van der Waals surface area contributed by atoms with Gasteiger partial charge in [-0.05, 0) is 6.42 Å². The van der Waals surface area contributed by atoms with Gasteiger partial charge in [0.2, 0.25) is 5.91 Å². The third kappa shape index (κ3) is 5.56. The SMILES string of the molecule is CCCNC(=O)Cn1ccc(=O)nc1SCC(=O)O. The van der Waals surface area contributed by atoms with Gasteiger partial charge in [-0.3, -0.25) is 14.4 Å². The van der Waals surface area contributed by atoms with Crippen molar-refractivity contribution in [1.82, 2.24) is 14.9 Å². The van der Waals surface area contributed by atoms with E-state index in [4.69, 9.17) is 5.11 Å². The number of carbonyl (C=O) groups is 2. The lowest BCUT2D eigenvalue weighted by atomic mass is 10.4. The molecule has 0 radical (unpaired) electrons. The fraction of sp³-hybridized carbons (Fsp3) is 0.455. The maximum atomic E-state index is 11.6. The van der Waals surface area contributed by atoms with Crippen LogP contribution >= 0.6 is 11.8 Å². The van der Waals surface area contributed by atoms with E-state index in [1.165, 1.54) is 16.8 Å². The van der Waals surface area contributed by atoms with Crippen LogP contribution in [0.3, 0.4) is 0 Å². The number of aliphatic carboxylic acids is 1. The summed E-state index contributed by atoms with van der Waals surface area (Å²) in [4.78, 5) is 37.0. The lowest BCUT2D eigenvalue weighted by Gasteiger charge is -2.10. The van der Waals surface area contributed by atoms with E-state index < -0.39 is 11.5 Å². The van der Waals surface area contributed by atoms with Gasteiger partial charge in [0.05, 0.1) is 5.75 Å². The molecule has 0 fully saturated rings. The van der Waals surface area contributed by atoms with E-state index in [9.17, 15) is 14.4 Å². The van der Waals surface area contributed by atoms with Crippen molar-refractivity contribution in [3.05, 3.63) is 22.6 Å². The Kier molecular flexibility index (Phi) is 6.07. The van der Waals surface area contributed by atoms with Crippen LogP contribution in [0.15, 0.2) is 22.2 Å². The number of amides is 1. The Labute approximate surface area is 114 Å². The van der Waals surface area contributed by atoms with Crippen LogP contribution in [0.2, 0.25) is 0 Å². The number of carboxylic acids is 1. The smallest absolute Gasteiger partial charge is 0.313 e. The molecule has 0 aromatic carbocycles. The molecule has 19 heavy (non-hydrogen) atoms. The minimum atomic E-state index is -1.01. The number of hydrogen-bond donors (Lipinski definition) is 2. The zero-order chi connectivity index (χ0) is 14.3. The number of nitrogens with one attached hydrogen (secondary N) is 1. The molecular formula is C11H15N3O4S. The summed E-state index contributed by atoms with van der Waals surface area (Å²) in [6.45, 7) is 2.52. The molecule has 1 amide bonds. The van der Waals surface area contributed by atoms with Crippen LogP contribution in [0.5, 0.6) is 0 Å². The molecule has 104 valence electrons. The first-order valence-electron chi connectivity index (χ1n) is 5.71. The van der Waals surface area contributed by atoms with Crippen LogP contribution < -0.4 is 10.9 Å². The predicted molar refractivity (Wildman–Crippen MR) is 70.2 cm³/mol. The molecule has 0 spiro atoms. The van der Waals surface area contributed by atoms with Gasteiger partial charge in [0.25, 0.3) is 5.56 Å². The Balaban J connectivity index is 2.78. The van der Waals surface area contributed by atoms with Gasteiger partial charge in [0.15, 0.2) is 5.16 Å². The fourth-order valence-electron chi connectivity index (χ4n) is 1.25. The summed E-state index contributed by atoms with van der Waals surface area (Å²) >= 11 is 0.907. The molecule has 0 unspecified atom stereocenters. The first-order valence-corrected chi connectivity index (χ1v) is 6.70. The molecule has 0 aliphatic rings. The van der Waals surface area contributed by atoms with E-state index >= 15 is 0 Å². The number of carbonyl (C=O) groups excluding carboxylic acids is 1. The number of nitrogens with zero attached hydrogens (tertiary/aromatic N) is 2. The summed E-state index contributed by atoms with van der Waals surface area (Å²) in [7, 11) is 0. The minimum absolute atomic E-state index is 0.00916. The Morgan fingerprint density at radius 2 is 2.26 bits per heavy atom. The van der Waals surface area contributed by atoms with Gasteiger partial charge in [-0.15, -0.1) is 0 Å². The zero-order valence-electron chi connectivity index (χ0n) is 10.5. The molecule has 1 aromatic heterocycles. The Morgan fingerprint density at radius 3 is 2.89 bits per heavy atom. The van der Waals surface area contributed by atoms with Gasteiger partial charge in [-0.1, -0.05) is 18.7 Å². The van der Waals surface area contributed by atoms with Gasteiger partial charge >= 0.3 is 5.97 Å². The second kappa shape index (κ2) is 7.57. The van der Waals surface area contributed by atoms with Crippen molar-refractivity contribution < 1.29 is 14.7 Å². The van der Waals surface area contributed by atoms with E-state index in [1.807, 2.05) is 6.92 Å². The second-order valence-corrected chi connectivity index (χ2v) is 4.65. The van der Waals surface area contributed by atoms with Gasteiger partial charge < -0.3 is 15.0 Å². The van der Waals surface area contributed by atoms with Gasteiger partial charge in [0, 0.05) is 18.8 Å². The summed E-state index contributed by atoms with van der Waals surface area (Å²) in [6.07, 6.45) is 2.26. The molecule has 0 saturated heterocycles. The monoisotopic (exact) mass is 285 g/mol. The predicted octanol–water partition coefficient (Wildman–Crippen LogP) is -0.0538. The molecule has 0 atom stereocenters. The Morgan fingerprint density at radius 1 is 1.53 bits per heavy atom. The third-order valence-corrected chi connectivity index (χ3v) is 3.03. The molecule has 0 aliphatic heterocycles. The van der Waals surface area contributed by atoms with Crippen molar-refractivity contribution in [2.45, 2.75) is 25.0 Å². The van der Waals surface area contributed by atoms with Crippen molar-refractivity contribution in [2.24, 2.45) is 0 Å². The Bertz CT molecular complexity index is 515. The summed E-state index contributed by atoms with van der Waals surface area (Å²) in [6, 6.07) is 1.23. The highest BCUT2D eigenvalue weighted by Gasteiger charge is 2.09. The lowest BCUT2D eigenvalue weighted by molar-refractivity contribution is -0.133. The highest BCUT2D eigenvalue weighted by atomic mass is 32.2. The summed E-state index contributed by atoms with van der Waals surface area (Å²) in [5.41, 5.74) is -0.460. The first-order chi connectivity index (χ1) is 9.02. The van der Waals surface area contributed by atoms with Crippen LogP contribution in [0.4, 0.5) is 0 Å². The molecule has 2 N–H and O–H groups in total. The average molecular weight is 285 g/mol. The first kappa shape index (κ1) is 15.2. The number of aromatic nitrogens is 2. The van der Waals surface area contributed by atoms with Crippen molar-refractivity contribution in [1.29, 1.82) is 0 Å². The third-order valence-electron chi connectivity index (χ3n) is 2.06. The molecule has 1 rings (SSSR count). The topological polar surface area (TPSA) is 101 Å². The number of rotatable bonds is 7. The normalized spacial score (nSPS) is 10.2. The Hall–Kier alpha value is -1.83. The van der Waals surface area contributed by atoms with Crippen LogP contribution in [-0.2, 0) is 16.1 Å². The molecule has 0 saturated carbocycles. The van der Waals surface area contributed by atoms with Crippen LogP contribution in [0, 0.1) is 0 Å². The van der Waals surface area contributed by atoms with E-state index in [1.54, 1.807) is 0 Å². The van der Waals surface area contributed by atoms with Gasteiger partial charge in [-0.2, -0.15) is 4.98 Å². The van der Waals surface area contributed by atoms with Gasteiger partial charge in [0.1, 0.15) is 6.54 Å². The summed E-state index contributed by atoms with van der Waals surface area (Å²) < 4.78 is 1.46. The molecule has 7 nitrogen and oxygen atoms in total. The molecule has 1 aromatic rings. The highest BCUT2D eigenvalue weighted by Crippen LogP contribution is 2.13. The van der Waals surface area contributed by atoms with Crippen LogP contribution in [-0.4, -0.2) is 38.8 Å². The average Bonchev–Trinajstić information content (AvgIpc) is 2.36. The van der Waals surface area contributed by atoms with E-state index in [2.05, 4.69) is 10.3 Å². The zero-order valence-corrected chi connectivity index (χ0v) is 11.3. The molecular weight excluding hydrogens is 270 g/mol. The lowest BCUT2D eigenvalue weighted by Crippen LogP contribution is -2.29. The van der Waals surface area contributed by atoms with Crippen molar-refractivity contribution in [2.75, 3.05) is 12.3 Å². The van der Waals surface area contributed by atoms with Crippen molar-refractivity contribution in [3.8, 4) is 0 Å². The minimum Gasteiger partial charge on any atom is -0.481 e. The van der Waals surface area contributed by atoms with E-state index in [0.29, 0.717) is 6.54 Å². The second-order valence-electron chi connectivity index (χ2n) is 3.71. The van der Waals surface area contributed by atoms with Crippen molar-refractivity contribution in [3.63, 3.8) is 0 Å². The number of carboxylic acid groups (broad SMARTS) is 1. The van der Waals surface area contributed by atoms with Gasteiger partial charge in [-0.25, -0.2) is 0 Å². The van der Waals surface area contributed by atoms with E-state index in [-0.39, 0.29) is 23.4 Å². The van der Waals surface area contributed by atoms with Crippen molar-refractivity contribution >= 4 is 23.6 Å². The fourth-order valence-corrected chi connectivity index (χ4v) is 1.95. The molecule has 1 heterocycles. The van der Waals surface area contributed by atoms with Crippen LogP contribution in [0.25, 0.3) is 0 Å². The molecule has 0 aliphatic carbocycles. The van der Waals surface area contributed by atoms with Crippen LogP contribution in [0.1, 0.15) is 13.3 Å². The maximum Gasteiger partial charge on any atom is 0.313 e. The largest absolute Gasteiger partial charge is 0.481 e. The quantitative estimate of drug-likeness (QED) is 0.538. The highest BCUT2D eigenvalue weighted by molar-refractivity contribution is 7.99. The molecule has 8 heteroatoms. The molecule has 0 bridgehead atoms. The number of hydrogen-bond acceptors (Lipinski definition) is 5.